The average Bonchev–Trinajstić information content (AvgIpc) is 3.51. The van der Waals surface area contributed by atoms with Crippen molar-refractivity contribution in [3.63, 3.8) is 0 Å². The molecule has 0 spiro atoms. The van der Waals surface area contributed by atoms with Gasteiger partial charge in [-0.15, -0.1) is 0 Å². The molecule has 0 saturated heterocycles. The number of hydrazone groups is 1. The first-order valence-electron chi connectivity index (χ1n) is 13.4. The quantitative estimate of drug-likeness (QED) is 0.176. The van der Waals surface area contributed by atoms with E-state index in [2.05, 4.69) is 113 Å². The van der Waals surface area contributed by atoms with Crippen LogP contribution in [0.25, 0.3) is 33.4 Å². The van der Waals surface area contributed by atoms with Gasteiger partial charge in [0, 0.05) is 39.3 Å². The van der Waals surface area contributed by atoms with Crippen molar-refractivity contribution in [3.8, 4) is 22.6 Å². The SMILES string of the molecule is Cc1ccc(-c2ccccc2)n1-c1ccc(C(=O)N/N=C/c2cc(C)n(-c3cccc4ccccc34)c2C)cc1. The Hall–Kier alpha value is -5.16. The number of benzene rings is 4. The fourth-order valence-corrected chi connectivity index (χ4v) is 5.39. The van der Waals surface area contributed by atoms with Crippen molar-refractivity contribution in [2.24, 2.45) is 5.10 Å². The summed E-state index contributed by atoms with van der Waals surface area (Å²) >= 11 is 0. The summed E-state index contributed by atoms with van der Waals surface area (Å²) in [5.74, 6) is -0.252. The van der Waals surface area contributed by atoms with E-state index in [1.165, 1.54) is 10.8 Å². The molecule has 0 aliphatic heterocycles. The van der Waals surface area contributed by atoms with E-state index in [9.17, 15) is 4.79 Å². The highest BCUT2D eigenvalue weighted by Crippen LogP contribution is 2.28. The van der Waals surface area contributed by atoms with Gasteiger partial charge in [-0.25, -0.2) is 5.43 Å². The van der Waals surface area contributed by atoms with Crippen molar-refractivity contribution in [1.82, 2.24) is 14.6 Å². The highest BCUT2D eigenvalue weighted by atomic mass is 16.2. The van der Waals surface area contributed by atoms with E-state index in [1.54, 1.807) is 6.21 Å². The van der Waals surface area contributed by atoms with Gasteiger partial charge in [-0.3, -0.25) is 4.79 Å². The van der Waals surface area contributed by atoms with Gasteiger partial charge in [-0.05, 0) is 80.3 Å². The van der Waals surface area contributed by atoms with Crippen molar-refractivity contribution in [1.29, 1.82) is 0 Å². The number of hydrogen-bond acceptors (Lipinski definition) is 2. The predicted molar refractivity (Wildman–Crippen MR) is 164 cm³/mol. The third kappa shape index (κ3) is 4.63. The van der Waals surface area contributed by atoms with Gasteiger partial charge in [0.15, 0.2) is 0 Å². The molecule has 1 amide bonds. The number of amides is 1. The topological polar surface area (TPSA) is 51.3 Å². The molecule has 2 aromatic heterocycles. The Balaban J connectivity index is 1.20. The molecule has 0 atom stereocenters. The molecule has 0 unspecified atom stereocenters. The number of nitrogens with zero attached hydrogens (tertiary/aromatic N) is 3. The van der Waals surface area contributed by atoms with Crippen LogP contribution in [0.15, 0.2) is 120 Å². The van der Waals surface area contributed by atoms with Crippen molar-refractivity contribution < 1.29 is 4.79 Å². The summed E-state index contributed by atoms with van der Waals surface area (Å²) in [6.07, 6.45) is 1.71. The maximum absolute atomic E-state index is 12.9. The first-order valence-corrected chi connectivity index (χ1v) is 13.4. The minimum absolute atomic E-state index is 0.252. The summed E-state index contributed by atoms with van der Waals surface area (Å²) in [6, 6.07) is 38.9. The number of nitrogens with one attached hydrogen (secondary N) is 1. The molecule has 40 heavy (non-hydrogen) atoms. The predicted octanol–water partition coefficient (Wildman–Crippen LogP) is 7.78. The second kappa shape index (κ2) is 10.5. The van der Waals surface area contributed by atoms with Crippen LogP contribution in [-0.2, 0) is 0 Å². The van der Waals surface area contributed by atoms with Crippen molar-refractivity contribution >= 4 is 22.9 Å². The third-order valence-corrected chi connectivity index (χ3v) is 7.38. The molecule has 0 radical (unpaired) electrons. The van der Waals surface area contributed by atoms with Gasteiger partial charge in [0.1, 0.15) is 0 Å². The Morgan fingerprint density at radius 2 is 1.45 bits per heavy atom. The smallest absolute Gasteiger partial charge is 0.271 e. The number of carbonyl (C=O) groups is 1. The van der Waals surface area contributed by atoms with Crippen LogP contribution in [0.2, 0.25) is 0 Å². The fraction of sp³-hybridized carbons (Fsp3) is 0.0857. The molecule has 5 nitrogen and oxygen atoms in total. The summed E-state index contributed by atoms with van der Waals surface area (Å²) in [7, 11) is 0. The molecule has 0 saturated carbocycles. The van der Waals surface area contributed by atoms with Crippen LogP contribution >= 0.6 is 0 Å². The molecule has 5 heteroatoms. The van der Waals surface area contributed by atoms with Gasteiger partial charge in [0.05, 0.1) is 17.6 Å². The molecule has 0 fully saturated rings. The lowest BCUT2D eigenvalue weighted by Crippen LogP contribution is -2.17. The lowest BCUT2D eigenvalue weighted by atomic mass is 10.1. The van der Waals surface area contributed by atoms with Gasteiger partial charge in [-0.2, -0.15) is 5.10 Å². The molecule has 0 aliphatic rings. The van der Waals surface area contributed by atoms with E-state index in [0.717, 1.165) is 45.3 Å². The fourth-order valence-electron chi connectivity index (χ4n) is 5.39. The number of fused-ring (bicyclic) bond motifs is 1. The number of aryl methyl sites for hydroxylation is 2. The molecule has 2 heterocycles. The van der Waals surface area contributed by atoms with E-state index in [4.69, 9.17) is 0 Å². The van der Waals surface area contributed by atoms with Crippen molar-refractivity contribution in [2.75, 3.05) is 0 Å². The highest BCUT2D eigenvalue weighted by Gasteiger charge is 2.13. The maximum atomic E-state index is 12.9. The van der Waals surface area contributed by atoms with Crippen LogP contribution in [0.1, 0.15) is 33.0 Å². The lowest BCUT2D eigenvalue weighted by molar-refractivity contribution is 0.0955. The van der Waals surface area contributed by atoms with E-state index >= 15 is 0 Å². The maximum Gasteiger partial charge on any atom is 0.271 e. The molecule has 6 aromatic rings. The van der Waals surface area contributed by atoms with E-state index in [0.29, 0.717) is 5.56 Å². The summed E-state index contributed by atoms with van der Waals surface area (Å²) in [6.45, 7) is 6.24. The van der Waals surface area contributed by atoms with Crippen LogP contribution in [0, 0.1) is 20.8 Å². The van der Waals surface area contributed by atoms with Gasteiger partial charge in [-0.1, -0.05) is 66.7 Å². The first kappa shape index (κ1) is 25.1. The van der Waals surface area contributed by atoms with Crippen LogP contribution in [-0.4, -0.2) is 21.3 Å². The molecule has 6 rings (SSSR count). The Morgan fingerprint density at radius 1 is 0.725 bits per heavy atom. The summed E-state index contributed by atoms with van der Waals surface area (Å²) in [4.78, 5) is 12.9. The molecule has 196 valence electrons. The van der Waals surface area contributed by atoms with Gasteiger partial charge < -0.3 is 9.13 Å². The molecule has 0 bridgehead atoms. The second-order valence-corrected chi connectivity index (χ2v) is 9.97. The number of carbonyl (C=O) groups excluding carboxylic acids is 1. The number of rotatable bonds is 6. The largest absolute Gasteiger partial charge is 0.317 e. The Kier molecular flexibility index (Phi) is 6.62. The summed E-state index contributed by atoms with van der Waals surface area (Å²) in [5, 5.41) is 6.68. The van der Waals surface area contributed by atoms with Crippen molar-refractivity contribution in [3.05, 3.63) is 143 Å². The van der Waals surface area contributed by atoms with Crippen LogP contribution in [0.4, 0.5) is 0 Å². The monoisotopic (exact) mass is 522 g/mol. The molecule has 1 N–H and O–H groups in total. The van der Waals surface area contributed by atoms with Crippen molar-refractivity contribution in [2.45, 2.75) is 20.8 Å². The van der Waals surface area contributed by atoms with Crippen LogP contribution in [0.5, 0.6) is 0 Å². The van der Waals surface area contributed by atoms with E-state index in [1.807, 2.05) is 42.5 Å². The Bertz CT molecular complexity index is 1850. The van der Waals surface area contributed by atoms with Gasteiger partial charge >= 0.3 is 0 Å². The molecule has 4 aromatic carbocycles. The first-order chi connectivity index (χ1) is 19.5. The number of hydrogen-bond donors (Lipinski definition) is 1. The summed E-state index contributed by atoms with van der Waals surface area (Å²) < 4.78 is 4.43. The molecule has 0 aliphatic carbocycles. The zero-order valence-electron chi connectivity index (χ0n) is 22.8. The number of aromatic nitrogens is 2. The average molecular weight is 523 g/mol. The standard InChI is InChI=1S/C35H30N4O/c1-24-16-21-33(28-11-5-4-6-12-28)39(24)31-19-17-29(18-20-31)35(40)37-36-23-30-22-25(2)38(26(30)3)34-15-9-13-27-10-7-8-14-32(27)34/h4-23H,1-3H3,(H,37,40)/b36-23+. The van der Waals surface area contributed by atoms with Gasteiger partial charge in [0.2, 0.25) is 0 Å². The zero-order chi connectivity index (χ0) is 27.6. The zero-order valence-corrected chi connectivity index (χ0v) is 22.8. The summed E-state index contributed by atoms with van der Waals surface area (Å²) in [5.41, 5.74) is 11.9. The van der Waals surface area contributed by atoms with Gasteiger partial charge in [0.25, 0.3) is 5.91 Å². The van der Waals surface area contributed by atoms with Crippen LogP contribution in [0.3, 0.4) is 0 Å². The lowest BCUT2D eigenvalue weighted by Gasteiger charge is -2.13. The Morgan fingerprint density at radius 3 is 2.25 bits per heavy atom. The third-order valence-electron chi connectivity index (χ3n) is 7.38. The normalized spacial score (nSPS) is 11.4. The molecular formula is C35H30N4O. The molecular weight excluding hydrogens is 492 g/mol. The minimum Gasteiger partial charge on any atom is -0.317 e. The second-order valence-electron chi connectivity index (χ2n) is 9.97. The van der Waals surface area contributed by atoms with E-state index in [-0.39, 0.29) is 5.91 Å². The van der Waals surface area contributed by atoms with Crippen LogP contribution < -0.4 is 5.43 Å². The Labute approximate surface area is 234 Å². The highest BCUT2D eigenvalue weighted by molar-refractivity contribution is 5.95. The minimum atomic E-state index is -0.252. The van der Waals surface area contributed by atoms with E-state index < -0.39 is 0 Å².